The van der Waals surface area contributed by atoms with Crippen LogP contribution in [0.1, 0.15) is 12.8 Å². The third-order valence-electron chi connectivity index (χ3n) is 3.01. The fraction of sp³-hybridized carbons (Fsp3) is 0.889. The van der Waals surface area contributed by atoms with Gasteiger partial charge in [-0.3, -0.25) is 4.90 Å². The van der Waals surface area contributed by atoms with Crippen LogP contribution in [0, 0.1) is 5.41 Å². The van der Waals surface area contributed by atoms with Crippen molar-refractivity contribution >= 4 is 17.2 Å². The number of hydrogen-bond donors (Lipinski definition) is 1. The number of morpholine rings is 1. The van der Waals surface area contributed by atoms with Crippen LogP contribution in [0.15, 0.2) is 0 Å². The summed E-state index contributed by atoms with van der Waals surface area (Å²) >= 11 is 5.08. The molecule has 0 spiro atoms. The molecular weight excluding hydrogens is 184 g/mol. The van der Waals surface area contributed by atoms with E-state index in [4.69, 9.17) is 22.7 Å². The molecule has 0 aromatic rings. The van der Waals surface area contributed by atoms with Crippen molar-refractivity contribution < 1.29 is 4.74 Å². The van der Waals surface area contributed by atoms with Gasteiger partial charge in [0.1, 0.15) is 0 Å². The fourth-order valence-electron chi connectivity index (χ4n) is 1.82. The first-order chi connectivity index (χ1) is 6.23. The summed E-state index contributed by atoms with van der Waals surface area (Å²) in [6.07, 6.45) is 2.36. The third-order valence-corrected chi connectivity index (χ3v) is 3.44. The normalized spacial score (nSPS) is 27.1. The molecular formula is C9H16N2OS. The van der Waals surface area contributed by atoms with Crippen molar-refractivity contribution in [3.8, 4) is 0 Å². The number of thiocarbonyl (C=S) groups is 1. The van der Waals surface area contributed by atoms with Gasteiger partial charge in [-0.25, -0.2) is 0 Å². The van der Waals surface area contributed by atoms with E-state index in [0.717, 1.165) is 32.8 Å². The number of nitrogens with zero attached hydrogens (tertiary/aromatic N) is 1. The molecule has 1 aliphatic heterocycles. The van der Waals surface area contributed by atoms with Gasteiger partial charge >= 0.3 is 0 Å². The van der Waals surface area contributed by atoms with Crippen LogP contribution in [0.5, 0.6) is 0 Å². The van der Waals surface area contributed by atoms with E-state index in [0.29, 0.717) is 4.99 Å². The lowest BCUT2D eigenvalue weighted by molar-refractivity contribution is 0.0330. The van der Waals surface area contributed by atoms with Gasteiger partial charge in [0.25, 0.3) is 0 Å². The summed E-state index contributed by atoms with van der Waals surface area (Å²) in [4.78, 5) is 3.12. The lowest BCUT2D eigenvalue weighted by Gasteiger charge is -2.30. The van der Waals surface area contributed by atoms with Crippen molar-refractivity contribution in [1.82, 2.24) is 4.90 Å². The van der Waals surface area contributed by atoms with Crippen LogP contribution in [0.2, 0.25) is 0 Å². The molecule has 0 bridgehead atoms. The summed E-state index contributed by atoms with van der Waals surface area (Å²) in [5.41, 5.74) is 5.91. The molecule has 1 aliphatic carbocycles. The van der Waals surface area contributed by atoms with Gasteiger partial charge in [0.2, 0.25) is 0 Å². The van der Waals surface area contributed by atoms with Gasteiger partial charge in [0, 0.05) is 25.0 Å². The van der Waals surface area contributed by atoms with Gasteiger partial charge in [0.05, 0.1) is 18.2 Å². The van der Waals surface area contributed by atoms with Crippen molar-refractivity contribution in [3.63, 3.8) is 0 Å². The molecule has 0 atom stereocenters. The smallest absolute Gasteiger partial charge is 0.0802 e. The molecule has 1 saturated carbocycles. The van der Waals surface area contributed by atoms with E-state index >= 15 is 0 Å². The molecule has 3 nitrogen and oxygen atoms in total. The minimum absolute atomic E-state index is 0.187. The fourth-order valence-corrected chi connectivity index (χ4v) is 2.09. The SMILES string of the molecule is NC(=S)C1(CN2CCOCC2)CC1. The maximum atomic E-state index is 5.72. The summed E-state index contributed by atoms with van der Waals surface area (Å²) in [6.45, 7) is 4.82. The Morgan fingerprint density at radius 1 is 1.38 bits per heavy atom. The van der Waals surface area contributed by atoms with E-state index in [-0.39, 0.29) is 5.41 Å². The van der Waals surface area contributed by atoms with Crippen LogP contribution in [-0.2, 0) is 4.74 Å². The summed E-state index contributed by atoms with van der Waals surface area (Å²) in [5, 5.41) is 0. The number of rotatable bonds is 3. The molecule has 0 aromatic carbocycles. The molecule has 0 radical (unpaired) electrons. The lowest BCUT2D eigenvalue weighted by atomic mass is 10.1. The number of ether oxygens (including phenoxy) is 1. The Hall–Kier alpha value is -0.190. The zero-order valence-electron chi connectivity index (χ0n) is 7.79. The van der Waals surface area contributed by atoms with Gasteiger partial charge in [-0.05, 0) is 12.8 Å². The van der Waals surface area contributed by atoms with E-state index in [2.05, 4.69) is 4.90 Å². The lowest BCUT2D eigenvalue weighted by Crippen LogP contribution is -2.43. The molecule has 0 aromatic heterocycles. The van der Waals surface area contributed by atoms with Crippen LogP contribution in [0.25, 0.3) is 0 Å². The van der Waals surface area contributed by atoms with E-state index in [1.807, 2.05) is 0 Å². The maximum Gasteiger partial charge on any atom is 0.0802 e. The van der Waals surface area contributed by atoms with Crippen LogP contribution >= 0.6 is 12.2 Å². The van der Waals surface area contributed by atoms with Gasteiger partial charge in [-0.2, -0.15) is 0 Å². The number of hydrogen-bond acceptors (Lipinski definition) is 3. The molecule has 4 heteroatoms. The summed E-state index contributed by atoms with van der Waals surface area (Å²) in [6, 6.07) is 0. The Morgan fingerprint density at radius 2 is 2.00 bits per heavy atom. The quantitative estimate of drug-likeness (QED) is 0.669. The van der Waals surface area contributed by atoms with E-state index in [1.165, 1.54) is 12.8 Å². The Kier molecular flexibility index (Phi) is 2.53. The van der Waals surface area contributed by atoms with E-state index in [9.17, 15) is 0 Å². The topological polar surface area (TPSA) is 38.5 Å². The Balaban J connectivity index is 1.86. The summed E-state index contributed by atoms with van der Waals surface area (Å²) in [7, 11) is 0. The van der Waals surface area contributed by atoms with Crippen molar-refractivity contribution in [1.29, 1.82) is 0 Å². The van der Waals surface area contributed by atoms with Crippen molar-refractivity contribution in [2.24, 2.45) is 11.1 Å². The predicted octanol–water partition coefficient (Wildman–Crippen LogP) is 0.385. The second-order valence-electron chi connectivity index (χ2n) is 4.03. The van der Waals surface area contributed by atoms with Gasteiger partial charge < -0.3 is 10.5 Å². The zero-order valence-corrected chi connectivity index (χ0v) is 8.61. The minimum atomic E-state index is 0.187. The van der Waals surface area contributed by atoms with Crippen molar-refractivity contribution in [3.05, 3.63) is 0 Å². The second kappa shape index (κ2) is 3.52. The molecule has 2 N–H and O–H groups in total. The highest BCUT2D eigenvalue weighted by Crippen LogP contribution is 2.46. The minimum Gasteiger partial charge on any atom is -0.393 e. The second-order valence-corrected chi connectivity index (χ2v) is 4.47. The molecule has 2 fully saturated rings. The van der Waals surface area contributed by atoms with E-state index < -0.39 is 0 Å². The molecule has 0 unspecified atom stereocenters. The predicted molar refractivity (Wildman–Crippen MR) is 55.7 cm³/mol. The number of nitrogens with two attached hydrogens (primary N) is 1. The monoisotopic (exact) mass is 200 g/mol. The highest BCUT2D eigenvalue weighted by Gasteiger charge is 2.46. The van der Waals surface area contributed by atoms with Crippen LogP contribution in [-0.4, -0.2) is 42.7 Å². The molecule has 74 valence electrons. The molecule has 2 rings (SSSR count). The van der Waals surface area contributed by atoms with Gasteiger partial charge in [0.15, 0.2) is 0 Å². The molecule has 1 saturated heterocycles. The first-order valence-electron chi connectivity index (χ1n) is 4.83. The molecule has 0 amide bonds. The molecule has 13 heavy (non-hydrogen) atoms. The van der Waals surface area contributed by atoms with Crippen LogP contribution in [0.4, 0.5) is 0 Å². The molecule has 1 heterocycles. The van der Waals surface area contributed by atoms with E-state index in [1.54, 1.807) is 0 Å². The van der Waals surface area contributed by atoms with Gasteiger partial charge in [-0.15, -0.1) is 0 Å². The first-order valence-corrected chi connectivity index (χ1v) is 5.24. The standard InChI is InChI=1S/C9H16N2OS/c10-8(13)9(1-2-9)7-11-3-5-12-6-4-11/h1-7H2,(H2,10,13). The van der Waals surface area contributed by atoms with Crippen LogP contribution < -0.4 is 5.73 Å². The average Bonchev–Trinajstić information content (AvgIpc) is 2.87. The maximum absolute atomic E-state index is 5.72. The first kappa shape index (κ1) is 9.37. The van der Waals surface area contributed by atoms with Gasteiger partial charge in [-0.1, -0.05) is 12.2 Å². The van der Waals surface area contributed by atoms with Crippen molar-refractivity contribution in [2.75, 3.05) is 32.8 Å². The highest BCUT2D eigenvalue weighted by molar-refractivity contribution is 7.80. The van der Waals surface area contributed by atoms with Crippen molar-refractivity contribution in [2.45, 2.75) is 12.8 Å². The summed E-state index contributed by atoms with van der Waals surface area (Å²) < 4.78 is 5.29. The Morgan fingerprint density at radius 3 is 2.46 bits per heavy atom. The highest BCUT2D eigenvalue weighted by atomic mass is 32.1. The largest absolute Gasteiger partial charge is 0.393 e. The Labute approximate surface area is 84.2 Å². The zero-order chi connectivity index (χ0) is 9.31. The average molecular weight is 200 g/mol. The summed E-state index contributed by atoms with van der Waals surface area (Å²) in [5.74, 6) is 0. The van der Waals surface area contributed by atoms with Crippen LogP contribution in [0.3, 0.4) is 0 Å². The molecule has 2 aliphatic rings. The third kappa shape index (κ3) is 2.00. The Bertz CT molecular complexity index is 210.